The summed E-state index contributed by atoms with van der Waals surface area (Å²) in [7, 11) is 0. The molecule has 3 aromatic heterocycles. The van der Waals surface area contributed by atoms with Gasteiger partial charge in [-0.3, -0.25) is 0 Å². The molecule has 276 valence electrons. The monoisotopic (exact) mass is 791 g/mol. The largest absolute Gasteiger partial charge is 0.416 e. The third-order valence-corrected chi connectivity index (χ3v) is 14.6. The molecule has 2 atom stereocenters. The molecule has 0 saturated carbocycles. The lowest BCUT2D eigenvalue weighted by Crippen LogP contribution is -2.13. The summed E-state index contributed by atoms with van der Waals surface area (Å²) in [6.07, 6.45) is -0.00853. The Bertz CT molecular complexity index is 3470. The highest BCUT2D eigenvalue weighted by atomic mass is 32.2. The Morgan fingerprint density at radius 3 is 2.21 bits per heavy atom. The van der Waals surface area contributed by atoms with Gasteiger partial charge in [-0.05, 0) is 53.6 Å². The van der Waals surface area contributed by atoms with Crippen molar-refractivity contribution in [2.45, 2.75) is 22.2 Å². The minimum Gasteiger partial charge on any atom is -0.310 e. The number of benzene rings is 7. The molecule has 0 spiro atoms. The zero-order valence-electron chi connectivity index (χ0n) is 30.5. The number of allylic oxidation sites excluding steroid dienone is 1. The number of nitrogens with zero attached hydrogens (tertiary/aromatic N) is 3. The number of rotatable bonds is 3. The van der Waals surface area contributed by atoms with Crippen LogP contribution in [-0.4, -0.2) is 9.13 Å². The van der Waals surface area contributed by atoms with E-state index in [1.165, 1.54) is 22.6 Å². The molecule has 0 radical (unpaired) electrons. The van der Waals surface area contributed by atoms with Gasteiger partial charge in [0.2, 0.25) is 0 Å². The molecule has 58 heavy (non-hydrogen) atoms. The maximum Gasteiger partial charge on any atom is 0.416 e. The Kier molecular flexibility index (Phi) is 7.09. The minimum absolute atomic E-state index is 0.0503. The van der Waals surface area contributed by atoms with Crippen molar-refractivity contribution in [1.29, 1.82) is 5.26 Å². The van der Waals surface area contributed by atoms with Crippen molar-refractivity contribution in [1.82, 2.24) is 9.13 Å². The highest BCUT2D eigenvalue weighted by molar-refractivity contribution is 8.00. The number of alkyl halides is 3. The van der Waals surface area contributed by atoms with E-state index in [1.807, 2.05) is 66.4 Å². The Morgan fingerprint density at radius 1 is 0.655 bits per heavy atom. The van der Waals surface area contributed by atoms with Crippen LogP contribution < -0.4 is 0 Å². The van der Waals surface area contributed by atoms with Crippen LogP contribution >= 0.6 is 23.1 Å². The first-order valence-corrected chi connectivity index (χ1v) is 20.7. The molecule has 0 amide bonds. The fourth-order valence-corrected chi connectivity index (χ4v) is 12.3. The second-order valence-electron chi connectivity index (χ2n) is 14.9. The summed E-state index contributed by atoms with van der Waals surface area (Å²) >= 11 is 3.54. The van der Waals surface area contributed by atoms with E-state index in [0.29, 0.717) is 28.1 Å². The normalized spacial score (nSPS) is 16.0. The van der Waals surface area contributed by atoms with Gasteiger partial charge in [-0.25, -0.2) is 0 Å². The zero-order valence-corrected chi connectivity index (χ0v) is 32.1. The lowest BCUT2D eigenvalue weighted by molar-refractivity contribution is -0.137. The third kappa shape index (κ3) is 4.63. The molecule has 1 aliphatic heterocycles. The molecule has 4 heterocycles. The van der Waals surface area contributed by atoms with Crippen molar-refractivity contribution >= 4 is 82.1 Å². The smallest absolute Gasteiger partial charge is 0.310 e. The second-order valence-corrected chi connectivity index (χ2v) is 17.2. The van der Waals surface area contributed by atoms with Gasteiger partial charge in [0.25, 0.3) is 0 Å². The molecule has 0 N–H and O–H groups in total. The average molecular weight is 792 g/mol. The maximum absolute atomic E-state index is 14.4. The summed E-state index contributed by atoms with van der Waals surface area (Å²) in [5, 5.41) is 17.0. The Labute approximate surface area is 338 Å². The molecule has 0 bridgehead atoms. The van der Waals surface area contributed by atoms with E-state index in [-0.39, 0.29) is 11.2 Å². The highest BCUT2D eigenvalue weighted by Crippen LogP contribution is 2.59. The van der Waals surface area contributed by atoms with Crippen LogP contribution in [0.5, 0.6) is 0 Å². The number of aromatic nitrogens is 2. The predicted molar refractivity (Wildman–Crippen MR) is 232 cm³/mol. The van der Waals surface area contributed by atoms with Crippen molar-refractivity contribution < 1.29 is 13.2 Å². The number of para-hydroxylation sites is 2. The number of halogens is 3. The summed E-state index contributed by atoms with van der Waals surface area (Å²) in [5.74, 6) is 0.143. The van der Waals surface area contributed by atoms with E-state index in [2.05, 4.69) is 94.1 Å². The van der Waals surface area contributed by atoms with Crippen molar-refractivity contribution in [2.24, 2.45) is 0 Å². The van der Waals surface area contributed by atoms with E-state index in [0.717, 1.165) is 70.2 Å². The molecule has 7 aromatic carbocycles. The molecule has 2 unspecified atom stereocenters. The van der Waals surface area contributed by atoms with Crippen LogP contribution in [0.4, 0.5) is 13.2 Å². The van der Waals surface area contributed by atoms with Crippen LogP contribution in [0.3, 0.4) is 0 Å². The van der Waals surface area contributed by atoms with E-state index < -0.39 is 11.7 Å². The van der Waals surface area contributed by atoms with Gasteiger partial charge >= 0.3 is 6.18 Å². The van der Waals surface area contributed by atoms with Gasteiger partial charge in [0.05, 0.1) is 43.4 Å². The topological polar surface area (TPSA) is 33.6 Å². The van der Waals surface area contributed by atoms with E-state index in [9.17, 15) is 18.4 Å². The van der Waals surface area contributed by atoms with Gasteiger partial charge in [-0.1, -0.05) is 115 Å². The van der Waals surface area contributed by atoms with Gasteiger partial charge in [0.1, 0.15) is 11.6 Å². The zero-order chi connectivity index (χ0) is 38.9. The first kappa shape index (κ1) is 33.6. The first-order valence-electron chi connectivity index (χ1n) is 19.0. The fourth-order valence-electron chi connectivity index (χ4n) is 9.54. The van der Waals surface area contributed by atoms with Gasteiger partial charge in [0, 0.05) is 59.3 Å². The minimum atomic E-state index is -4.55. The average Bonchev–Trinajstić information content (AvgIpc) is 4.00. The van der Waals surface area contributed by atoms with Gasteiger partial charge in [-0.15, -0.1) is 23.1 Å². The van der Waals surface area contributed by atoms with Crippen LogP contribution in [0.25, 0.3) is 81.5 Å². The number of hydrogen-bond acceptors (Lipinski definition) is 3. The molecule has 1 aliphatic carbocycles. The van der Waals surface area contributed by atoms with Gasteiger partial charge in [0.15, 0.2) is 0 Å². The molecule has 0 saturated heterocycles. The molecule has 0 fully saturated rings. The fraction of sp³-hybridized carbons (Fsp3) is 0.0600. The summed E-state index contributed by atoms with van der Waals surface area (Å²) in [6.45, 7) is 0. The summed E-state index contributed by atoms with van der Waals surface area (Å²) in [5.41, 5.74) is 8.07. The van der Waals surface area contributed by atoms with E-state index >= 15 is 0 Å². The Hall–Kier alpha value is -6.53. The van der Waals surface area contributed by atoms with E-state index in [4.69, 9.17) is 0 Å². The number of fused-ring (bicyclic) bond motifs is 14. The van der Waals surface area contributed by atoms with Crippen LogP contribution in [0.1, 0.15) is 39.1 Å². The highest BCUT2D eigenvalue weighted by Gasteiger charge is 2.40. The molecular weight excluding hydrogens is 764 g/mol. The Balaban J connectivity index is 1.24. The summed E-state index contributed by atoms with van der Waals surface area (Å²) in [6, 6.07) is 49.6. The second kappa shape index (κ2) is 12.2. The van der Waals surface area contributed by atoms with Crippen LogP contribution in [0, 0.1) is 11.3 Å². The Morgan fingerprint density at radius 2 is 1.38 bits per heavy atom. The van der Waals surface area contributed by atoms with Crippen LogP contribution in [0.2, 0.25) is 0 Å². The van der Waals surface area contributed by atoms with Crippen LogP contribution in [-0.2, 0) is 6.18 Å². The maximum atomic E-state index is 14.4. The number of thiophene rings is 1. The van der Waals surface area contributed by atoms with Crippen molar-refractivity contribution in [3.8, 4) is 28.6 Å². The lowest BCUT2D eigenvalue weighted by atomic mass is 9.87. The van der Waals surface area contributed by atoms with Gasteiger partial charge < -0.3 is 9.13 Å². The van der Waals surface area contributed by atoms with Crippen molar-refractivity contribution in [2.75, 3.05) is 0 Å². The number of hydrogen-bond donors (Lipinski definition) is 0. The van der Waals surface area contributed by atoms with Gasteiger partial charge in [-0.2, -0.15) is 18.4 Å². The van der Waals surface area contributed by atoms with Crippen LogP contribution in [0.15, 0.2) is 157 Å². The number of nitriles is 1. The quantitative estimate of drug-likeness (QED) is 0.179. The predicted octanol–water partition coefficient (Wildman–Crippen LogP) is 14.6. The van der Waals surface area contributed by atoms with Crippen molar-refractivity contribution in [3.63, 3.8) is 0 Å². The first-order chi connectivity index (χ1) is 28.4. The molecular formula is C50H28F3N3S2. The molecule has 10 aromatic rings. The van der Waals surface area contributed by atoms with E-state index in [1.54, 1.807) is 17.4 Å². The number of thioether (sulfide) groups is 1. The SMILES string of the molecule is N#Cc1c(-n2c3c(c4ccccc42)C=CC2c4ccccc4SC32)ccc(-c2cccc(C(F)(F)F)c2)c1-n1c2ccccc2c2ccc3c4ccccc4sc3c21. The standard InChI is InChI=1S/C50H28F3N3S2/c51-50(52,53)29-11-9-10-28(26-29)30-24-25-42(55-40-16-5-1-12-31(40)35-20-22-37-33-14-3-7-18-43(33)57-48(37)46(35)55)39(27-54)45(30)56-41-17-6-2-13-32(41)36-21-23-38-34-15-4-8-19-44(34)58-49(38)47(36)56/h1-26,37,48H. The molecule has 8 heteroatoms. The lowest BCUT2D eigenvalue weighted by Gasteiger charge is -2.26. The molecule has 2 aliphatic rings. The molecule has 3 nitrogen and oxygen atoms in total. The summed E-state index contributed by atoms with van der Waals surface area (Å²) in [4.78, 5) is 1.24. The van der Waals surface area contributed by atoms with Crippen molar-refractivity contribution in [3.05, 3.63) is 180 Å². The molecule has 12 rings (SSSR count). The summed E-state index contributed by atoms with van der Waals surface area (Å²) < 4.78 is 49.8. The third-order valence-electron chi connectivity index (χ3n) is 12.0.